The fourth-order valence-electron chi connectivity index (χ4n) is 2.60. The number of rotatable bonds is 5. The molecule has 2 aromatic carbocycles. The summed E-state index contributed by atoms with van der Waals surface area (Å²) in [4.78, 5) is 35.9. The lowest BCUT2D eigenvalue weighted by molar-refractivity contribution is -0.123. The molecule has 0 bridgehead atoms. The van der Waals surface area contributed by atoms with Crippen molar-refractivity contribution in [3.05, 3.63) is 53.6 Å². The Balaban J connectivity index is 1.61. The SMILES string of the molecule is CC(=O)c1ccc(NC(=O)C(C)OC(=O)c2ccc3c(c2)OCCCO3)cc1. The number of fused-ring (bicyclic) bond motifs is 1. The number of carbonyl (C=O) groups is 3. The molecule has 3 rings (SSSR count). The van der Waals surface area contributed by atoms with Crippen molar-refractivity contribution in [1.29, 1.82) is 0 Å². The van der Waals surface area contributed by atoms with Gasteiger partial charge in [-0.1, -0.05) is 0 Å². The maximum atomic E-state index is 12.4. The first-order valence-corrected chi connectivity index (χ1v) is 8.96. The Bertz CT molecular complexity index is 890. The van der Waals surface area contributed by atoms with Crippen LogP contribution in [0.1, 0.15) is 41.0 Å². The predicted octanol–water partition coefficient (Wildman–Crippen LogP) is 3.23. The number of anilines is 1. The van der Waals surface area contributed by atoms with Crippen LogP contribution in [0.2, 0.25) is 0 Å². The van der Waals surface area contributed by atoms with Crippen LogP contribution in [0.25, 0.3) is 0 Å². The molecule has 7 nitrogen and oxygen atoms in total. The summed E-state index contributed by atoms with van der Waals surface area (Å²) >= 11 is 0. The van der Waals surface area contributed by atoms with E-state index >= 15 is 0 Å². The number of ether oxygens (including phenoxy) is 3. The largest absolute Gasteiger partial charge is 0.490 e. The molecule has 0 aromatic heterocycles. The Hall–Kier alpha value is -3.35. The summed E-state index contributed by atoms with van der Waals surface area (Å²) in [5.74, 6) is -0.109. The van der Waals surface area contributed by atoms with Crippen molar-refractivity contribution in [2.75, 3.05) is 18.5 Å². The third kappa shape index (κ3) is 4.68. The van der Waals surface area contributed by atoms with E-state index in [1.807, 2.05) is 0 Å². The van der Waals surface area contributed by atoms with E-state index in [9.17, 15) is 14.4 Å². The van der Waals surface area contributed by atoms with Gasteiger partial charge in [-0.05, 0) is 56.3 Å². The molecule has 1 atom stereocenters. The Morgan fingerprint density at radius 1 is 0.964 bits per heavy atom. The molecule has 146 valence electrons. The monoisotopic (exact) mass is 383 g/mol. The second-order valence-corrected chi connectivity index (χ2v) is 6.38. The lowest BCUT2D eigenvalue weighted by Gasteiger charge is -2.14. The van der Waals surface area contributed by atoms with Gasteiger partial charge in [-0.25, -0.2) is 4.79 Å². The van der Waals surface area contributed by atoms with Gasteiger partial charge in [0.1, 0.15) is 0 Å². The van der Waals surface area contributed by atoms with Gasteiger partial charge in [0.25, 0.3) is 5.91 Å². The molecule has 1 unspecified atom stereocenters. The first-order chi connectivity index (χ1) is 13.4. The quantitative estimate of drug-likeness (QED) is 0.630. The van der Waals surface area contributed by atoms with Crippen LogP contribution < -0.4 is 14.8 Å². The molecule has 0 saturated heterocycles. The minimum Gasteiger partial charge on any atom is -0.490 e. The van der Waals surface area contributed by atoms with Crippen molar-refractivity contribution in [2.45, 2.75) is 26.4 Å². The summed E-state index contributed by atoms with van der Waals surface area (Å²) in [7, 11) is 0. The highest BCUT2D eigenvalue weighted by Crippen LogP contribution is 2.30. The number of esters is 1. The molecule has 0 fully saturated rings. The van der Waals surface area contributed by atoms with Gasteiger partial charge in [-0.3, -0.25) is 9.59 Å². The molecule has 2 aromatic rings. The number of Topliss-reactive ketones (excluding diaryl/α,β-unsaturated/α-hetero) is 1. The zero-order valence-corrected chi connectivity index (χ0v) is 15.7. The van der Waals surface area contributed by atoms with E-state index in [4.69, 9.17) is 14.2 Å². The zero-order chi connectivity index (χ0) is 20.1. The molecule has 1 aliphatic heterocycles. The summed E-state index contributed by atoms with van der Waals surface area (Å²) in [6.07, 6.45) is -0.241. The molecule has 0 saturated carbocycles. The lowest BCUT2D eigenvalue weighted by Crippen LogP contribution is -2.30. The Labute approximate surface area is 162 Å². The molecule has 7 heteroatoms. The Kier molecular flexibility index (Phi) is 5.93. The highest BCUT2D eigenvalue weighted by atomic mass is 16.5. The van der Waals surface area contributed by atoms with E-state index in [0.29, 0.717) is 36.0 Å². The number of ketones is 1. The fraction of sp³-hybridized carbons (Fsp3) is 0.286. The molecular formula is C21H21NO6. The maximum absolute atomic E-state index is 12.4. The molecule has 0 aliphatic carbocycles. The minimum absolute atomic E-state index is 0.0599. The molecule has 1 amide bonds. The number of hydrogen-bond acceptors (Lipinski definition) is 6. The number of benzene rings is 2. The summed E-state index contributed by atoms with van der Waals surface area (Å²) in [6.45, 7) is 4.02. The standard InChI is InChI=1S/C21H21NO6/c1-13(23)15-4-7-17(8-5-15)22-20(24)14(2)28-21(25)16-6-9-18-19(12-16)27-11-3-10-26-18/h4-9,12,14H,3,10-11H2,1-2H3,(H,22,24). The molecule has 1 aliphatic rings. The van der Waals surface area contributed by atoms with Crippen LogP contribution in [0.15, 0.2) is 42.5 Å². The number of carbonyl (C=O) groups excluding carboxylic acids is 3. The molecule has 28 heavy (non-hydrogen) atoms. The van der Waals surface area contributed by atoms with Gasteiger partial charge in [0.2, 0.25) is 0 Å². The normalized spacial score (nSPS) is 13.8. The topological polar surface area (TPSA) is 90.9 Å². The van der Waals surface area contributed by atoms with Crippen LogP contribution in [-0.2, 0) is 9.53 Å². The van der Waals surface area contributed by atoms with Crippen molar-refractivity contribution in [3.63, 3.8) is 0 Å². The van der Waals surface area contributed by atoms with Crippen molar-refractivity contribution < 1.29 is 28.6 Å². The van der Waals surface area contributed by atoms with Crippen molar-refractivity contribution in [2.24, 2.45) is 0 Å². The highest BCUT2D eigenvalue weighted by molar-refractivity contribution is 5.98. The van der Waals surface area contributed by atoms with Gasteiger partial charge < -0.3 is 19.5 Å². The van der Waals surface area contributed by atoms with E-state index in [0.717, 1.165) is 6.42 Å². The minimum atomic E-state index is -1.00. The summed E-state index contributed by atoms with van der Waals surface area (Å²) < 4.78 is 16.3. The fourth-order valence-corrected chi connectivity index (χ4v) is 2.60. The second-order valence-electron chi connectivity index (χ2n) is 6.38. The third-order valence-corrected chi connectivity index (χ3v) is 4.20. The van der Waals surface area contributed by atoms with Gasteiger partial charge in [0, 0.05) is 17.7 Å². The number of amides is 1. The van der Waals surface area contributed by atoms with Crippen molar-refractivity contribution in [3.8, 4) is 11.5 Å². The van der Waals surface area contributed by atoms with Crippen molar-refractivity contribution in [1.82, 2.24) is 0 Å². The second kappa shape index (κ2) is 8.56. The summed E-state index contributed by atoms with van der Waals surface area (Å²) in [6, 6.07) is 11.2. The summed E-state index contributed by atoms with van der Waals surface area (Å²) in [5.41, 5.74) is 1.33. The Morgan fingerprint density at radius 3 is 2.29 bits per heavy atom. The van der Waals surface area contributed by atoms with E-state index in [2.05, 4.69) is 5.32 Å². The highest BCUT2D eigenvalue weighted by Gasteiger charge is 2.21. The zero-order valence-electron chi connectivity index (χ0n) is 15.7. The number of nitrogens with one attached hydrogen (secondary N) is 1. The van der Waals surface area contributed by atoms with E-state index in [1.165, 1.54) is 13.8 Å². The maximum Gasteiger partial charge on any atom is 0.339 e. The van der Waals surface area contributed by atoms with Gasteiger partial charge >= 0.3 is 5.97 Å². The van der Waals surface area contributed by atoms with Gasteiger partial charge in [-0.15, -0.1) is 0 Å². The first-order valence-electron chi connectivity index (χ1n) is 8.96. The average Bonchev–Trinajstić information content (AvgIpc) is 2.93. The number of hydrogen-bond donors (Lipinski definition) is 1. The van der Waals surface area contributed by atoms with Crippen LogP contribution in [0.4, 0.5) is 5.69 Å². The van der Waals surface area contributed by atoms with Crippen LogP contribution in [0.5, 0.6) is 11.5 Å². The van der Waals surface area contributed by atoms with Gasteiger partial charge in [0.15, 0.2) is 23.4 Å². The van der Waals surface area contributed by atoms with Crippen molar-refractivity contribution >= 4 is 23.3 Å². The third-order valence-electron chi connectivity index (χ3n) is 4.20. The van der Waals surface area contributed by atoms with Gasteiger partial charge in [-0.2, -0.15) is 0 Å². The Morgan fingerprint density at radius 2 is 1.61 bits per heavy atom. The first kappa shape index (κ1) is 19.4. The average molecular weight is 383 g/mol. The van der Waals surface area contributed by atoms with E-state index in [1.54, 1.807) is 42.5 Å². The molecule has 0 radical (unpaired) electrons. The van der Waals surface area contributed by atoms with Crippen LogP contribution in [-0.4, -0.2) is 37.0 Å². The smallest absolute Gasteiger partial charge is 0.339 e. The lowest BCUT2D eigenvalue weighted by atomic mass is 10.1. The van der Waals surface area contributed by atoms with Crippen LogP contribution >= 0.6 is 0 Å². The van der Waals surface area contributed by atoms with E-state index in [-0.39, 0.29) is 11.3 Å². The van der Waals surface area contributed by atoms with Crippen LogP contribution in [0.3, 0.4) is 0 Å². The molecule has 1 heterocycles. The van der Waals surface area contributed by atoms with Crippen LogP contribution in [0, 0.1) is 0 Å². The predicted molar refractivity (Wildman–Crippen MR) is 102 cm³/mol. The molecular weight excluding hydrogens is 362 g/mol. The molecule has 0 spiro atoms. The van der Waals surface area contributed by atoms with Gasteiger partial charge in [0.05, 0.1) is 18.8 Å². The molecule has 1 N–H and O–H groups in total. The van der Waals surface area contributed by atoms with E-state index < -0.39 is 18.0 Å². The summed E-state index contributed by atoms with van der Waals surface area (Å²) in [5, 5.41) is 2.65.